The highest BCUT2D eigenvalue weighted by Crippen LogP contribution is 2.23. The number of nitrogens with zero attached hydrogens (tertiary/aromatic N) is 1. The zero-order valence-corrected chi connectivity index (χ0v) is 16.3. The third-order valence-corrected chi connectivity index (χ3v) is 7.93. The molecule has 2 aliphatic rings. The highest BCUT2D eigenvalue weighted by atomic mass is 32.2. The first-order chi connectivity index (χ1) is 12.0. The topological polar surface area (TPSA) is 66.5 Å². The minimum Gasteiger partial charge on any atom is -0.355 e. The van der Waals surface area contributed by atoms with Crippen molar-refractivity contribution in [1.82, 2.24) is 10.2 Å². The molecule has 2 heterocycles. The summed E-state index contributed by atoms with van der Waals surface area (Å²) in [6.45, 7) is 1.69. The van der Waals surface area contributed by atoms with Crippen LogP contribution in [-0.4, -0.2) is 49.9 Å². The Morgan fingerprint density at radius 3 is 2.68 bits per heavy atom. The first kappa shape index (κ1) is 18.9. The molecule has 1 aromatic rings. The van der Waals surface area contributed by atoms with E-state index >= 15 is 0 Å². The molecular weight excluding hydrogens is 356 g/mol. The van der Waals surface area contributed by atoms with Gasteiger partial charge in [-0.3, -0.25) is 9.69 Å². The van der Waals surface area contributed by atoms with Gasteiger partial charge >= 0.3 is 0 Å². The van der Waals surface area contributed by atoms with Crippen molar-refractivity contribution in [3.05, 3.63) is 22.4 Å². The number of thiophene rings is 1. The molecule has 0 bridgehead atoms. The van der Waals surface area contributed by atoms with Crippen molar-refractivity contribution in [3.8, 4) is 0 Å². The number of nitrogens with one attached hydrogen (secondary N) is 1. The minimum atomic E-state index is -2.95. The Kier molecular flexibility index (Phi) is 6.52. The lowest BCUT2D eigenvalue weighted by Crippen LogP contribution is -2.44. The van der Waals surface area contributed by atoms with Gasteiger partial charge in [0.2, 0.25) is 5.91 Å². The van der Waals surface area contributed by atoms with Crippen LogP contribution in [0.15, 0.2) is 17.5 Å². The smallest absolute Gasteiger partial charge is 0.234 e. The van der Waals surface area contributed by atoms with Crippen LogP contribution in [0.1, 0.15) is 43.4 Å². The molecule has 0 spiro atoms. The number of carbonyl (C=O) groups excluding carboxylic acids is 1. The Morgan fingerprint density at radius 1 is 1.24 bits per heavy atom. The van der Waals surface area contributed by atoms with Crippen molar-refractivity contribution in [1.29, 1.82) is 0 Å². The van der Waals surface area contributed by atoms with Crippen LogP contribution >= 0.6 is 11.3 Å². The molecule has 1 N–H and O–H groups in total. The molecule has 1 saturated carbocycles. The fourth-order valence-electron chi connectivity index (χ4n) is 3.87. The number of hydrogen-bond acceptors (Lipinski definition) is 5. The van der Waals surface area contributed by atoms with Gasteiger partial charge < -0.3 is 5.32 Å². The van der Waals surface area contributed by atoms with Crippen LogP contribution in [0.4, 0.5) is 0 Å². The summed E-state index contributed by atoms with van der Waals surface area (Å²) in [5.41, 5.74) is 0. The van der Waals surface area contributed by atoms with Gasteiger partial charge in [-0.1, -0.05) is 25.3 Å². The summed E-state index contributed by atoms with van der Waals surface area (Å²) in [6, 6.07) is 3.99. The molecule has 7 heteroatoms. The van der Waals surface area contributed by atoms with Crippen LogP contribution in [0.2, 0.25) is 0 Å². The maximum atomic E-state index is 12.4. The van der Waals surface area contributed by atoms with E-state index in [1.165, 1.54) is 37.0 Å². The van der Waals surface area contributed by atoms with Gasteiger partial charge in [-0.15, -0.1) is 11.3 Å². The average Bonchev–Trinajstić information content (AvgIpc) is 3.22. The summed E-state index contributed by atoms with van der Waals surface area (Å²) in [7, 11) is -2.95. The van der Waals surface area contributed by atoms with Gasteiger partial charge in [-0.25, -0.2) is 8.42 Å². The standard InChI is InChI=1S/C18H28N2O3S2/c21-18(19-11-15-5-2-1-3-6-15)13-20(12-17-7-4-9-24-17)16-8-10-25(22,23)14-16/h4,7,9,15-16H,1-3,5-6,8,10-14H2,(H,19,21). The lowest BCUT2D eigenvalue weighted by Gasteiger charge is -2.28. The molecule has 1 aliphatic heterocycles. The van der Waals surface area contributed by atoms with Crippen molar-refractivity contribution in [2.24, 2.45) is 5.92 Å². The second-order valence-corrected chi connectivity index (χ2v) is 10.6. The minimum absolute atomic E-state index is 0.0198. The van der Waals surface area contributed by atoms with Gasteiger partial charge in [0.1, 0.15) is 0 Å². The van der Waals surface area contributed by atoms with Gasteiger partial charge in [0, 0.05) is 24.0 Å². The van der Waals surface area contributed by atoms with Gasteiger partial charge in [-0.05, 0) is 36.6 Å². The summed E-state index contributed by atoms with van der Waals surface area (Å²) in [5.74, 6) is 1.04. The van der Waals surface area contributed by atoms with E-state index in [9.17, 15) is 13.2 Å². The number of rotatable bonds is 7. The van der Waals surface area contributed by atoms with Crippen LogP contribution in [0.25, 0.3) is 0 Å². The third-order valence-electron chi connectivity index (χ3n) is 5.32. The van der Waals surface area contributed by atoms with E-state index in [0.717, 1.165) is 6.54 Å². The number of amides is 1. The lowest BCUT2D eigenvalue weighted by atomic mass is 9.89. The Labute approximate surface area is 154 Å². The number of carbonyl (C=O) groups is 1. The van der Waals surface area contributed by atoms with Crippen LogP contribution < -0.4 is 5.32 Å². The SMILES string of the molecule is O=C(CN(Cc1cccs1)C1CCS(=O)(=O)C1)NCC1CCCCC1. The van der Waals surface area contributed by atoms with Crippen molar-refractivity contribution < 1.29 is 13.2 Å². The van der Waals surface area contributed by atoms with Crippen LogP contribution in [0.3, 0.4) is 0 Å². The van der Waals surface area contributed by atoms with Gasteiger partial charge in [-0.2, -0.15) is 0 Å². The molecular formula is C18H28N2O3S2. The Hall–Kier alpha value is -0.920. The van der Waals surface area contributed by atoms with E-state index in [2.05, 4.69) is 5.32 Å². The molecule has 25 heavy (non-hydrogen) atoms. The molecule has 140 valence electrons. The second kappa shape index (κ2) is 8.64. The number of sulfone groups is 1. The first-order valence-corrected chi connectivity index (χ1v) is 12.0. The maximum Gasteiger partial charge on any atom is 0.234 e. The van der Waals surface area contributed by atoms with E-state index in [0.29, 0.717) is 18.9 Å². The first-order valence-electron chi connectivity index (χ1n) is 9.25. The monoisotopic (exact) mass is 384 g/mol. The number of hydrogen-bond donors (Lipinski definition) is 1. The van der Waals surface area contributed by atoms with Gasteiger partial charge in [0.05, 0.1) is 18.1 Å². The van der Waals surface area contributed by atoms with Gasteiger partial charge in [0.15, 0.2) is 9.84 Å². The maximum absolute atomic E-state index is 12.4. The van der Waals surface area contributed by atoms with E-state index < -0.39 is 9.84 Å². The molecule has 5 nitrogen and oxygen atoms in total. The predicted octanol–water partition coefficient (Wildman–Crippen LogP) is 2.43. The summed E-state index contributed by atoms with van der Waals surface area (Å²) in [6.07, 6.45) is 6.90. The molecule has 1 saturated heterocycles. The van der Waals surface area contributed by atoms with Crippen molar-refractivity contribution in [2.45, 2.75) is 51.1 Å². The Morgan fingerprint density at radius 2 is 2.04 bits per heavy atom. The van der Waals surface area contributed by atoms with Crippen molar-refractivity contribution in [2.75, 3.05) is 24.6 Å². The van der Waals surface area contributed by atoms with Crippen LogP contribution in [-0.2, 0) is 21.2 Å². The molecule has 1 unspecified atom stereocenters. The van der Waals surface area contributed by atoms with Crippen molar-refractivity contribution in [3.63, 3.8) is 0 Å². The summed E-state index contributed by atoms with van der Waals surface area (Å²) >= 11 is 1.65. The second-order valence-electron chi connectivity index (χ2n) is 7.35. The largest absolute Gasteiger partial charge is 0.355 e. The van der Waals surface area contributed by atoms with E-state index in [-0.39, 0.29) is 30.0 Å². The van der Waals surface area contributed by atoms with Crippen LogP contribution in [0, 0.1) is 5.92 Å². The molecule has 1 atom stereocenters. The quantitative estimate of drug-likeness (QED) is 0.784. The van der Waals surface area contributed by atoms with E-state index in [4.69, 9.17) is 0 Å². The Balaban J connectivity index is 1.55. The summed E-state index contributed by atoms with van der Waals surface area (Å²) < 4.78 is 23.7. The highest BCUT2D eigenvalue weighted by molar-refractivity contribution is 7.91. The molecule has 1 aliphatic carbocycles. The molecule has 1 amide bonds. The van der Waals surface area contributed by atoms with Crippen LogP contribution in [0.5, 0.6) is 0 Å². The molecule has 3 rings (SSSR count). The molecule has 2 fully saturated rings. The van der Waals surface area contributed by atoms with E-state index in [1.54, 1.807) is 11.3 Å². The Bertz CT molecular complexity index is 652. The lowest BCUT2D eigenvalue weighted by molar-refractivity contribution is -0.123. The fourth-order valence-corrected chi connectivity index (χ4v) is 6.36. The summed E-state index contributed by atoms with van der Waals surface area (Å²) in [5, 5.41) is 5.10. The highest BCUT2D eigenvalue weighted by Gasteiger charge is 2.33. The third kappa shape index (κ3) is 5.79. The van der Waals surface area contributed by atoms with E-state index in [1.807, 2.05) is 22.4 Å². The molecule has 0 radical (unpaired) electrons. The molecule has 1 aromatic heterocycles. The average molecular weight is 385 g/mol. The van der Waals surface area contributed by atoms with Gasteiger partial charge in [0.25, 0.3) is 0 Å². The summed E-state index contributed by atoms with van der Waals surface area (Å²) in [4.78, 5) is 15.7. The normalized spacial score (nSPS) is 23.8. The molecule has 0 aromatic carbocycles. The fraction of sp³-hybridized carbons (Fsp3) is 0.722. The zero-order chi connectivity index (χ0) is 17.7. The zero-order valence-electron chi connectivity index (χ0n) is 14.7. The van der Waals surface area contributed by atoms with Crippen molar-refractivity contribution >= 4 is 27.1 Å². The predicted molar refractivity (Wildman–Crippen MR) is 101 cm³/mol.